The quantitative estimate of drug-likeness (QED) is 0.154. The van der Waals surface area contributed by atoms with Crippen molar-refractivity contribution in [2.24, 2.45) is 0 Å². The number of ether oxygens (including phenoxy) is 1. The summed E-state index contributed by atoms with van der Waals surface area (Å²) in [6.07, 6.45) is 3.34. The number of carbonyl (C=O) groups excluding carboxylic acids is 1. The molecule has 0 aliphatic carbocycles. The van der Waals surface area contributed by atoms with Crippen LogP contribution in [0.25, 0.3) is 17.1 Å². The molecule has 0 spiro atoms. The summed E-state index contributed by atoms with van der Waals surface area (Å²) >= 11 is 1.21. The van der Waals surface area contributed by atoms with E-state index in [4.69, 9.17) is 4.74 Å². The third-order valence-corrected chi connectivity index (χ3v) is 5.62. The monoisotopic (exact) mass is 461 g/mol. The molecule has 10 heteroatoms. The zero-order valence-electron chi connectivity index (χ0n) is 17.6. The smallest absolute Gasteiger partial charge is 0.270 e. The fraction of sp³-hybridized carbons (Fsp3) is 0.130. The van der Waals surface area contributed by atoms with Crippen LogP contribution in [0.15, 0.2) is 78.2 Å². The van der Waals surface area contributed by atoms with Gasteiger partial charge in [-0.3, -0.25) is 24.5 Å². The number of non-ortho nitro benzene ring substituents is 1. The van der Waals surface area contributed by atoms with Crippen LogP contribution in [0.5, 0.6) is 5.75 Å². The molecule has 0 fully saturated rings. The maximum Gasteiger partial charge on any atom is 0.270 e. The van der Waals surface area contributed by atoms with Gasteiger partial charge < -0.3 is 4.74 Å². The predicted octanol–water partition coefficient (Wildman–Crippen LogP) is 4.61. The van der Waals surface area contributed by atoms with E-state index in [1.165, 1.54) is 30.0 Å². The number of carbonyl (C=O) groups is 1. The van der Waals surface area contributed by atoms with Gasteiger partial charge in [-0.15, -0.1) is 10.2 Å². The molecule has 2 aromatic heterocycles. The van der Waals surface area contributed by atoms with Gasteiger partial charge in [0.25, 0.3) is 5.69 Å². The maximum absolute atomic E-state index is 12.7. The number of hydrogen-bond donors (Lipinski definition) is 0. The van der Waals surface area contributed by atoms with E-state index in [0.717, 1.165) is 17.0 Å². The van der Waals surface area contributed by atoms with E-state index in [-0.39, 0.29) is 22.8 Å². The summed E-state index contributed by atoms with van der Waals surface area (Å²) in [5.41, 5.74) is 1.78. The van der Waals surface area contributed by atoms with Crippen LogP contribution in [0.1, 0.15) is 17.3 Å². The van der Waals surface area contributed by atoms with Gasteiger partial charge in [-0.25, -0.2) is 0 Å². The zero-order valence-corrected chi connectivity index (χ0v) is 18.4. The Morgan fingerprint density at radius 3 is 2.55 bits per heavy atom. The topological polar surface area (TPSA) is 113 Å². The van der Waals surface area contributed by atoms with Crippen molar-refractivity contribution >= 4 is 23.2 Å². The molecule has 33 heavy (non-hydrogen) atoms. The number of aromatic nitrogens is 4. The fourth-order valence-corrected chi connectivity index (χ4v) is 3.99. The third kappa shape index (κ3) is 5.07. The van der Waals surface area contributed by atoms with Crippen LogP contribution in [0.3, 0.4) is 0 Å². The van der Waals surface area contributed by atoms with Gasteiger partial charge in [0.15, 0.2) is 16.8 Å². The molecule has 0 atom stereocenters. The number of pyridine rings is 1. The van der Waals surface area contributed by atoms with E-state index in [1.54, 1.807) is 18.5 Å². The van der Waals surface area contributed by atoms with Crippen LogP contribution in [0.4, 0.5) is 5.69 Å². The lowest BCUT2D eigenvalue weighted by Gasteiger charge is -2.11. The number of Topliss-reactive ketones (excluding diaryl/α,β-unsaturated/α-hetero) is 1. The highest BCUT2D eigenvalue weighted by molar-refractivity contribution is 7.99. The second-order valence-electron chi connectivity index (χ2n) is 6.82. The molecule has 0 bridgehead atoms. The van der Waals surface area contributed by atoms with Crippen LogP contribution in [-0.2, 0) is 0 Å². The molecule has 166 valence electrons. The average molecular weight is 462 g/mol. The summed E-state index contributed by atoms with van der Waals surface area (Å²) < 4.78 is 7.39. The first-order chi connectivity index (χ1) is 16.1. The molecule has 9 nitrogen and oxygen atoms in total. The van der Waals surface area contributed by atoms with E-state index < -0.39 is 4.92 Å². The largest absolute Gasteiger partial charge is 0.494 e. The number of nitro groups is 1. The van der Waals surface area contributed by atoms with E-state index in [2.05, 4.69) is 15.2 Å². The van der Waals surface area contributed by atoms with Gasteiger partial charge in [-0.2, -0.15) is 0 Å². The van der Waals surface area contributed by atoms with Gasteiger partial charge in [0.05, 0.1) is 17.3 Å². The first kappa shape index (κ1) is 22.2. The van der Waals surface area contributed by atoms with E-state index in [0.29, 0.717) is 17.6 Å². The Hall–Kier alpha value is -4.05. The summed E-state index contributed by atoms with van der Waals surface area (Å²) in [6.45, 7) is 2.48. The molecule has 0 radical (unpaired) electrons. The minimum Gasteiger partial charge on any atom is -0.494 e. The summed E-state index contributed by atoms with van der Waals surface area (Å²) in [5.74, 6) is 1.16. The van der Waals surface area contributed by atoms with Crippen molar-refractivity contribution in [3.63, 3.8) is 0 Å². The first-order valence-electron chi connectivity index (χ1n) is 10.1. The van der Waals surface area contributed by atoms with Crippen molar-refractivity contribution in [3.05, 3.63) is 88.7 Å². The van der Waals surface area contributed by atoms with Crippen LogP contribution < -0.4 is 4.74 Å². The number of benzene rings is 2. The lowest BCUT2D eigenvalue weighted by molar-refractivity contribution is -0.384. The normalized spacial score (nSPS) is 10.7. The molecular weight excluding hydrogens is 442 g/mol. The van der Waals surface area contributed by atoms with Crippen LogP contribution in [-0.4, -0.2) is 42.8 Å². The van der Waals surface area contributed by atoms with E-state index in [1.807, 2.05) is 47.9 Å². The Morgan fingerprint density at radius 1 is 1.09 bits per heavy atom. The fourth-order valence-electron chi connectivity index (χ4n) is 3.15. The number of nitrogens with zero attached hydrogens (tertiary/aromatic N) is 5. The van der Waals surface area contributed by atoms with Gasteiger partial charge in [-0.1, -0.05) is 23.9 Å². The highest BCUT2D eigenvalue weighted by Gasteiger charge is 2.19. The minimum absolute atomic E-state index is 0.0483. The molecule has 2 heterocycles. The maximum atomic E-state index is 12.7. The van der Waals surface area contributed by atoms with Crippen molar-refractivity contribution in [1.29, 1.82) is 0 Å². The summed E-state index contributed by atoms with van der Waals surface area (Å²) in [5, 5.41) is 20.2. The van der Waals surface area contributed by atoms with Crippen LogP contribution in [0.2, 0.25) is 0 Å². The highest BCUT2D eigenvalue weighted by Crippen LogP contribution is 2.29. The molecule has 2 aromatic carbocycles. The molecule has 0 saturated heterocycles. The van der Waals surface area contributed by atoms with Gasteiger partial charge in [0.1, 0.15) is 5.75 Å². The number of nitro benzene ring substituents is 1. The molecule has 0 saturated carbocycles. The molecule has 0 unspecified atom stereocenters. The summed E-state index contributed by atoms with van der Waals surface area (Å²) in [6, 6.07) is 16.9. The molecule has 0 N–H and O–H groups in total. The van der Waals surface area contributed by atoms with Gasteiger partial charge in [-0.05, 0) is 43.3 Å². The molecule has 4 aromatic rings. The van der Waals surface area contributed by atoms with Crippen molar-refractivity contribution in [2.75, 3.05) is 12.4 Å². The van der Waals surface area contributed by atoms with Crippen molar-refractivity contribution in [1.82, 2.24) is 19.7 Å². The lowest BCUT2D eigenvalue weighted by atomic mass is 10.1. The van der Waals surface area contributed by atoms with Crippen molar-refractivity contribution in [2.45, 2.75) is 12.1 Å². The Morgan fingerprint density at radius 2 is 1.85 bits per heavy atom. The summed E-state index contributed by atoms with van der Waals surface area (Å²) in [7, 11) is 0. The number of rotatable bonds is 9. The minimum atomic E-state index is -0.520. The van der Waals surface area contributed by atoms with E-state index >= 15 is 0 Å². The van der Waals surface area contributed by atoms with Gasteiger partial charge in [0.2, 0.25) is 0 Å². The van der Waals surface area contributed by atoms with Crippen LogP contribution in [0, 0.1) is 10.1 Å². The van der Waals surface area contributed by atoms with Gasteiger partial charge in [0, 0.05) is 41.3 Å². The molecule has 0 amide bonds. The molecule has 4 rings (SSSR count). The van der Waals surface area contributed by atoms with Crippen LogP contribution >= 0.6 is 11.8 Å². The predicted molar refractivity (Wildman–Crippen MR) is 124 cm³/mol. The molecule has 0 aliphatic heterocycles. The molecular formula is C23H19N5O4S. The Balaban J connectivity index is 1.64. The SMILES string of the molecule is CCOc1ccc(-n2c(SCC(=O)c3cccc([N+](=O)[O-])c3)nnc2-c2ccncc2)cc1. The van der Waals surface area contributed by atoms with Crippen molar-refractivity contribution in [3.8, 4) is 22.8 Å². The number of thioether (sulfide) groups is 1. The Bertz CT molecular complexity index is 1280. The second kappa shape index (κ2) is 10.0. The lowest BCUT2D eigenvalue weighted by Crippen LogP contribution is -2.05. The third-order valence-electron chi connectivity index (χ3n) is 4.69. The summed E-state index contributed by atoms with van der Waals surface area (Å²) in [4.78, 5) is 27.3. The number of hydrogen-bond acceptors (Lipinski definition) is 8. The zero-order chi connectivity index (χ0) is 23.2. The Labute approximate surface area is 193 Å². The van der Waals surface area contributed by atoms with E-state index in [9.17, 15) is 14.9 Å². The average Bonchev–Trinajstić information content (AvgIpc) is 3.28. The van der Waals surface area contributed by atoms with Crippen molar-refractivity contribution < 1.29 is 14.5 Å². The first-order valence-corrected chi connectivity index (χ1v) is 11.0. The second-order valence-corrected chi connectivity index (χ2v) is 7.77. The number of ketones is 1. The Kier molecular flexibility index (Phi) is 6.75. The molecule has 0 aliphatic rings. The van der Waals surface area contributed by atoms with Gasteiger partial charge >= 0.3 is 0 Å². The highest BCUT2D eigenvalue weighted by atomic mass is 32.2. The standard InChI is InChI=1S/C23H19N5O4S/c1-2-32-20-8-6-18(7-9-20)27-22(16-10-12-24-13-11-16)25-26-23(27)33-15-21(29)17-4-3-5-19(14-17)28(30)31/h3-14H,2,15H2,1H3.